The predicted octanol–water partition coefficient (Wildman–Crippen LogP) is 3.91. The van der Waals surface area contributed by atoms with Crippen molar-refractivity contribution in [3.05, 3.63) is 17.5 Å². The molecule has 0 amide bonds. The molecular formula is C20H34F3IN6. The van der Waals surface area contributed by atoms with Gasteiger partial charge in [0.15, 0.2) is 11.7 Å². The van der Waals surface area contributed by atoms with Gasteiger partial charge in [-0.15, -0.1) is 24.0 Å². The second-order valence-corrected chi connectivity index (χ2v) is 8.29. The van der Waals surface area contributed by atoms with Gasteiger partial charge in [-0.2, -0.15) is 18.3 Å². The van der Waals surface area contributed by atoms with Crippen molar-refractivity contribution in [2.24, 2.45) is 12.0 Å². The molecule has 3 rings (SSSR count). The van der Waals surface area contributed by atoms with E-state index in [0.29, 0.717) is 5.96 Å². The lowest BCUT2D eigenvalue weighted by Crippen LogP contribution is -2.59. The SMILES string of the molecule is CN=C(NCc1cn(C)nc1C(F)(F)F)NCC1(N2CCCCC2)CCCCC1.I. The summed E-state index contributed by atoms with van der Waals surface area (Å²) in [5, 5.41) is 10.0. The van der Waals surface area contributed by atoms with Crippen molar-refractivity contribution in [3.8, 4) is 0 Å². The topological polar surface area (TPSA) is 57.5 Å². The van der Waals surface area contributed by atoms with E-state index in [1.165, 1.54) is 56.5 Å². The molecular weight excluding hydrogens is 508 g/mol. The molecule has 1 saturated carbocycles. The number of guanidine groups is 1. The van der Waals surface area contributed by atoms with E-state index in [1.807, 2.05) is 0 Å². The third kappa shape index (κ3) is 6.24. The van der Waals surface area contributed by atoms with Crippen LogP contribution in [0.4, 0.5) is 13.2 Å². The van der Waals surface area contributed by atoms with Gasteiger partial charge in [0.2, 0.25) is 0 Å². The number of halogens is 4. The highest BCUT2D eigenvalue weighted by atomic mass is 127. The van der Waals surface area contributed by atoms with Crippen molar-refractivity contribution in [2.75, 3.05) is 26.7 Å². The standard InChI is InChI=1S/C20H33F3N6.HI/c1-24-18(25-13-16-14-28(2)27-17(16)20(21,22)23)26-15-19(9-5-3-6-10-19)29-11-7-4-8-12-29;/h14H,3-13,15H2,1-2H3,(H2,24,25,26);1H. The Balaban J connectivity index is 0.00000320. The first-order valence-electron chi connectivity index (χ1n) is 10.6. The molecule has 1 aromatic rings. The highest BCUT2D eigenvalue weighted by Crippen LogP contribution is 2.35. The van der Waals surface area contributed by atoms with Crippen LogP contribution in [0.2, 0.25) is 0 Å². The largest absolute Gasteiger partial charge is 0.435 e. The number of aliphatic imine (C=N–C) groups is 1. The van der Waals surface area contributed by atoms with E-state index >= 15 is 0 Å². The molecule has 2 N–H and O–H groups in total. The molecule has 0 unspecified atom stereocenters. The number of nitrogens with zero attached hydrogens (tertiary/aromatic N) is 4. The van der Waals surface area contributed by atoms with Crippen LogP contribution in [0.15, 0.2) is 11.2 Å². The minimum absolute atomic E-state index is 0. The van der Waals surface area contributed by atoms with Crippen LogP contribution >= 0.6 is 24.0 Å². The Morgan fingerprint density at radius 2 is 1.73 bits per heavy atom. The summed E-state index contributed by atoms with van der Waals surface area (Å²) in [5.74, 6) is 0.531. The monoisotopic (exact) mass is 542 g/mol. The van der Waals surface area contributed by atoms with Gasteiger partial charge in [0.25, 0.3) is 0 Å². The van der Waals surface area contributed by atoms with E-state index in [-0.39, 0.29) is 41.6 Å². The molecule has 0 spiro atoms. The minimum atomic E-state index is -4.46. The van der Waals surface area contributed by atoms with Gasteiger partial charge < -0.3 is 10.6 Å². The van der Waals surface area contributed by atoms with Gasteiger partial charge in [0, 0.05) is 44.5 Å². The van der Waals surface area contributed by atoms with E-state index < -0.39 is 11.9 Å². The lowest BCUT2D eigenvalue weighted by atomic mass is 9.79. The second-order valence-electron chi connectivity index (χ2n) is 8.29. The zero-order valence-electron chi connectivity index (χ0n) is 17.9. The summed E-state index contributed by atoms with van der Waals surface area (Å²) >= 11 is 0. The van der Waals surface area contributed by atoms with Crippen molar-refractivity contribution >= 4 is 29.9 Å². The van der Waals surface area contributed by atoms with E-state index in [0.717, 1.165) is 32.5 Å². The van der Waals surface area contributed by atoms with Crippen molar-refractivity contribution in [1.29, 1.82) is 0 Å². The molecule has 1 aromatic heterocycles. The number of aromatic nitrogens is 2. The highest BCUT2D eigenvalue weighted by molar-refractivity contribution is 14.0. The molecule has 2 aliphatic rings. The van der Waals surface area contributed by atoms with Crippen LogP contribution in [-0.4, -0.2) is 52.9 Å². The van der Waals surface area contributed by atoms with Gasteiger partial charge in [0.1, 0.15) is 0 Å². The van der Waals surface area contributed by atoms with Gasteiger partial charge in [-0.1, -0.05) is 25.7 Å². The van der Waals surface area contributed by atoms with Crippen LogP contribution in [0.1, 0.15) is 62.6 Å². The average Bonchev–Trinajstić information content (AvgIpc) is 3.11. The molecule has 172 valence electrons. The maximum atomic E-state index is 13.2. The van der Waals surface area contributed by atoms with Crippen LogP contribution in [0.5, 0.6) is 0 Å². The molecule has 2 heterocycles. The summed E-state index contributed by atoms with van der Waals surface area (Å²) in [7, 11) is 3.15. The highest BCUT2D eigenvalue weighted by Gasteiger charge is 2.39. The number of hydrogen-bond acceptors (Lipinski definition) is 3. The first-order chi connectivity index (χ1) is 13.8. The molecule has 0 bridgehead atoms. The fourth-order valence-electron chi connectivity index (χ4n) is 4.74. The zero-order chi connectivity index (χ0) is 20.9. The van der Waals surface area contributed by atoms with Crippen LogP contribution in [-0.2, 0) is 19.8 Å². The molecule has 1 aliphatic carbocycles. The zero-order valence-corrected chi connectivity index (χ0v) is 20.2. The molecule has 10 heteroatoms. The Morgan fingerprint density at radius 1 is 1.10 bits per heavy atom. The Kier molecular flexibility index (Phi) is 9.26. The molecule has 2 fully saturated rings. The Hall–Kier alpha value is -1.04. The summed E-state index contributed by atoms with van der Waals surface area (Å²) < 4.78 is 40.7. The van der Waals surface area contributed by atoms with E-state index in [4.69, 9.17) is 0 Å². The molecule has 6 nitrogen and oxygen atoms in total. The quantitative estimate of drug-likeness (QED) is 0.337. The van der Waals surface area contributed by atoms with E-state index in [9.17, 15) is 13.2 Å². The first-order valence-corrected chi connectivity index (χ1v) is 10.6. The molecule has 30 heavy (non-hydrogen) atoms. The number of likely N-dealkylation sites (tertiary alicyclic amines) is 1. The fourth-order valence-corrected chi connectivity index (χ4v) is 4.74. The predicted molar refractivity (Wildman–Crippen MR) is 123 cm³/mol. The summed E-state index contributed by atoms with van der Waals surface area (Å²) in [5.41, 5.74) is -0.603. The fraction of sp³-hybridized carbons (Fsp3) is 0.800. The summed E-state index contributed by atoms with van der Waals surface area (Å²) in [6, 6.07) is 0. The van der Waals surface area contributed by atoms with Crippen LogP contribution < -0.4 is 10.6 Å². The van der Waals surface area contributed by atoms with Crippen molar-refractivity contribution < 1.29 is 13.2 Å². The summed E-state index contributed by atoms with van der Waals surface area (Å²) in [6.45, 7) is 3.07. The third-order valence-electron chi connectivity index (χ3n) is 6.24. The summed E-state index contributed by atoms with van der Waals surface area (Å²) in [4.78, 5) is 6.87. The number of nitrogens with one attached hydrogen (secondary N) is 2. The average molecular weight is 542 g/mol. The maximum Gasteiger partial charge on any atom is 0.435 e. The minimum Gasteiger partial charge on any atom is -0.355 e. The lowest BCUT2D eigenvalue weighted by molar-refractivity contribution is -0.142. The Labute approximate surface area is 194 Å². The van der Waals surface area contributed by atoms with Crippen molar-refractivity contribution in [3.63, 3.8) is 0 Å². The second kappa shape index (κ2) is 11.0. The number of piperidine rings is 1. The third-order valence-corrected chi connectivity index (χ3v) is 6.24. The Bertz CT molecular complexity index is 691. The van der Waals surface area contributed by atoms with E-state index in [2.05, 4.69) is 25.6 Å². The van der Waals surface area contributed by atoms with Crippen LogP contribution in [0.25, 0.3) is 0 Å². The van der Waals surface area contributed by atoms with Gasteiger partial charge in [0.05, 0.1) is 0 Å². The summed E-state index contributed by atoms with van der Waals surface area (Å²) in [6.07, 6.45) is 6.81. The molecule has 1 aliphatic heterocycles. The molecule has 0 radical (unpaired) electrons. The normalized spacial score (nSPS) is 20.5. The smallest absolute Gasteiger partial charge is 0.355 e. The van der Waals surface area contributed by atoms with Crippen molar-refractivity contribution in [1.82, 2.24) is 25.3 Å². The maximum absolute atomic E-state index is 13.2. The molecule has 0 aromatic carbocycles. The number of aryl methyl sites for hydroxylation is 1. The van der Waals surface area contributed by atoms with Gasteiger partial charge >= 0.3 is 6.18 Å². The van der Waals surface area contributed by atoms with Crippen LogP contribution in [0.3, 0.4) is 0 Å². The molecule has 0 atom stereocenters. The van der Waals surface area contributed by atoms with Gasteiger partial charge in [-0.05, 0) is 38.8 Å². The first kappa shape index (κ1) is 25.2. The van der Waals surface area contributed by atoms with Crippen LogP contribution in [0, 0.1) is 0 Å². The molecule has 1 saturated heterocycles. The van der Waals surface area contributed by atoms with Gasteiger partial charge in [-0.3, -0.25) is 14.6 Å². The van der Waals surface area contributed by atoms with Gasteiger partial charge in [-0.25, -0.2) is 0 Å². The van der Waals surface area contributed by atoms with Crippen molar-refractivity contribution in [2.45, 2.75) is 69.6 Å². The number of alkyl halides is 3. The number of hydrogen-bond donors (Lipinski definition) is 2. The number of rotatable bonds is 5. The Morgan fingerprint density at radius 3 is 2.33 bits per heavy atom. The van der Waals surface area contributed by atoms with E-state index in [1.54, 1.807) is 7.05 Å². The lowest BCUT2D eigenvalue weighted by Gasteiger charge is -2.48.